The first-order valence-corrected chi connectivity index (χ1v) is 10.8. The van der Waals surface area contributed by atoms with E-state index in [2.05, 4.69) is 10.2 Å². The third-order valence-corrected chi connectivity index (χ3v) is 6.56. The summed E-state index contributed by atoms with van der Waals surface area (Å²) in [6.45, 7) is 1.38. The summed E-state index contributed by atoms with van der Waals surface area (Å²) in [6, 6.07) is 4.39. The lowest BCUT2D eigenvalue weighted by atomic mass is 10.1. The lowest BCUT2D eigenvalue weighted by Gasteiger charge is -2.40. The van der Waals surface area contributed by atoms with Crippen molar-refractivity contribution in [1.82, 2.24) is 19.7 Å². The Balaban J connectivity index is 1.49. The van der Waals surface area contributed by atoms with Gasteiger partial charge in [0.05, 0.1) is 23.7 Å². The standard InChI is InChI=1S/C20H16ClFN4O4S/c21-12-6-10(2-3-13(12)22)7-14-23-24-19(31-14)11-8-25-9-15-26(4-1-5-30-15)20(29)16(25)18(28)17(11)27/h2-3,6,8,15,28H,1,4-5,7,9H2. The van der Waals surface area contributed by atoms with Crippen LogP contribution in [0.2, 0.25) is 5.02 Å². The lowest BCUT2D eigenvalue weighted by molar-refractivity contribution is -0.0919. The second-order valence-corrected chi connectivity index (χ2v) is 8.79. The minimum atomic E-state index is -0.677. The predicted molar refractivity (Wildman–Crippen MR) is 111 cm³/mol. The first-order valence-electron chi connectivity index (χ1n) is 9.58. The van der Waals surface area contributed by atoms with Gasteiger partial charge in [-0.05, 0) is 24.1 Å². The molecule has 5 rings (SSSR count). The van der Waals surface area contributed by atoms with Crippen LogP contribution in [-0.2, 0) is 17.7 Å². The van der Waals surface area contributed by atoms with E-state index >= 15 is 0 Å². The Hall–Kier alpha value is -2.82. The summed E-state index contributed by atoms with van der Waals surface area (Å²) in [5.41, 5.74) is 0.183. The molecule has 8 nitrogen and oxygen atoms in total. The van der Waals surface area contributed by atoms with E-state index in [1.807, 2.05) is 0 Å². The number of aromatic nitrogens is 3. The summed E-state index contributed by atoms with van der Waals surface area (Å²) in [7, 11) is 0. The van der Waals surface area contributed by atoms with Gasteiger partial charge in [-0.3, -0.25) is 9.59 Å². The van der Waals surface area contributed by atoms with Gasteiger partial charge in [-0.15, -0.1) is 10.2 Å². The molecule has 1 aromatic carbocycles. The van der Waals surface area contributed by atoms with E-state index in [1.54, 1.807) is 10.6 Å². The average Bonchev–Trinajstić information content (AvgIpc) is 3.21. The minimum Gasteiger partial charge on any atom is -0.503 e. The van der Waals surface area contributed by atoms with Gasteiger partial charge in [0.2, 0.25) is 5.43 Å². The Labute approximate surface area is 184 Å². The number of rotatable bonds is 3. The molecule has 3 aromatic rings. The molecule has 0 saturated carbocycles. The van der Waals surface area contributed by atoms with Crippen molar-refractivity contribution in [2.24, 2.45) is 0 Å². The van der Waals surface area contributed by atoms with Crippen molar-refractivity contribution in [2.75, 3.05) is 13.2 Å². The van der Waals surface area contributed by atoms with Gasteiger partial charge in [-0.1, -0.05) is 29.0 Å². The molecule has 31 heavy (non-hydrogen) atoms. The fraction of sp³-hybridized carbons (Fsp3) is 0.300. The van der Waals surface area contributed by atoms with Gasteiger partial charge in [0, 0.05) is 19.2 Å². The van der Waals surface area contributed by atoms with Crippen LogP contribution >= 0.6 is 22.9 Å². The van der Waals surface area contributed by atoms with Gasteiger partial charge in [0.15, 0.2) is 22.7 Å². The highest BCUT2D eigenvalue weighted by Gasteiger charge is 2.37. The van der Waals surface area contributed by atoms with Crippen LogP contribution in [0.4, 0.5) is 4.39 Å². The monoisotopic (exact) mass is 462 g/mol. The number of hydrogen-bond acceptors (Lipinski definition) is 7. The number of benzene rings is 1. The number of aromatic hydroxyl groups is 1. The van der Waals surface area contributed by atoms with Crippen LogP contribution in [-0.4, -0.2) is 50.1 Å². The normalized spacial score (nSPS) is 18.1. The Morgan fingerprint density at radius 1 is 1.32 bits per heavy atom. The molecule has 1 unspecified atom stereocenters. The van der Waals surface area contributed by atoms with Crippen molar-refractivity contribution in [3.8, 4) is 16.3 Å². The first kappa shape index (κ1) is 20.1. The molecular formula is C20H16ClFN4O4S. The molecule has 0 aliphatic carbocycles. The molecule has 1 N–H and O–H groups in total. The number of hydrogen-bond donors (Lipinski definition) is 1. The van der Waals surface area contributed by atoms with Gasteiger partial charge < -0.3 is 19.3 Å². The van der Waals surface area contributed by atoms with Crippen LogP contribution in [0.5, 0.6) is 5.75 Å². The van der Waals surface area contributed by atoms with Gasteiger partial charge in [-0.2, -0.15) is 0 Å². The summed E-state index contributed by atoms with van der Waals surface area (Å²) in [5.74, 6) is -1.53. The highest BCUT2D eigenvalue weighted by molar-refractivity contribution is 7.14. The van der Waals surface area contributed by atoms with Crippen molar-refractivity contribution >= 4 is 28.8 Å². The SMILES string of the molecule is O=C1c2c(O)c(=O)c(-c3nnc(Cc4ccc(F)c(Cl)c4)s3)cn2CC2OCCCN12. The van der Waals surface area contributed by atoms with E-state index < -0.39 is 29.1 Å². The molecule has 4 heterocycles. The fourth-order valence-corrected chi connectivity index (χ4v) is 4.89. The molecule has 2 aromatic heterocycles. The maximum absolute atomic E-state index is 13.4. The molecular weight excluding hydrogens is 447 g/mol. The number of amides is 1. The topological polar surface area (TPSA) is 97.5 Å². The minimum absolute atomic E-state index is 0.0173. The van der Waals surface area contributed by atoms with Gasteiger partial charge >= 0.3 is 0 Å². The Morgan fingerprint density at radius 3 is 2.97 bits per heavy atom. The number of pyridine rings is 1. The molecule has 0 spiro atoms. The van der Waals surface area contributed by atoms with Crippen molar-refractivity contribution in [3.05, 3.63) is 61.7 Å². The second-order valence-electron chi connectivity index (χ2n) is 7.33. The zero-order valence-corrected chi connectivity index (χ0v) is 17.6. The van der Waals surface area contributed by atoms with E-state index in [9.17, 15) is 19.1 Å². The molecule has 1 amide bonds. The van der Waals surface area contributed by atoms with Gasteiger partial charge in [0.1, 0.15) is 10.8 Å². The first-order chi connectivity index (χ1) is 14.9. The quantitative estimate of drug-likeness (QED) is 0.642. The van der Waals surface area contributed by atoms with E-state index in [0.29, 0.717) is 42.6 Å². The van der Waals surface area contributed by atoms with Crippen molar-refractivity contribution in [3.63, 3.8) is 0 Å². The van der Waals surface area contributed by atoms with E-state index in [1.165, 1.54) is 34.6 Å². The highest BCUT2D eigenvalue weighted by atomic mass is 35.5. The Morgan fingerprint density at radius 2 is 2.16 bits per heavy atom. The number of carbonyl (C=O) groups is 1. The van der Waals surface area contributed by atoms with E-state index in [0.717, 1.165) is 5.56 Å². The number of ether oxygens (including phenoxy) is 1. The molecule has 1 saturated heterocycles. The summed E-state index contributed by atoms with van der Waals surface area (Å²) in [6.07, 6.45) is 2.15. The summed E-state index contributed by atoms with van der Waals surface area (Å²) in [4.78, 5) is 27.1. The molecule has 160 valence electrons. The van der Waals surface area contributed by atoms with Crippen LogP contribution in [0.15, 0.2) is 29.2 Å². The predicted octanol–water partition coefficient (Wildman–Crippen LogP) is 2.66. The molecule has 0 radical (unpaired) electrons. The molecule has 0 bridgehead atoms. The summed E-state index contributed by atoms with van der Waals surface area (Å²) >= 11 is 7.00. The summed E-state index contributed by atoms with van der Waals surface area (Å²) in [5, 5.41) is 19.6. The molecule has 2 aliphatic heterocycles. The van der Waals surface area contributed by atoms with Crippen molar-refractivity contribution in [2.45, 2.75) is 25.6 Å². The average molecular weight is 463 g/mol. The third-order valence-electron chi connectivity index (χ3n) is 5.31. The smallest absolute Gasteiger partial charge is 0.276 e. The maximum atomic E-state index is 13.4. The molecule has 2 aliphatic rings. The number of fused-ring (bicyclic) bond motifs is 2. The van der Waals surface area contributed by atoms with E-state index in [-0.39, 0.29) is 16.3 Å². The van der Waals surface area contributed by atoms with Crippen LogP contribution in [0.1, 0.15) is 27.5 Å². The van der Waals surface area contributed by atoms with Gasteiger partial charge in [0.25, 0.3) is 5.91 Å². The largest absolute Gasteiger partial charge is 0.503 e. The number of halogens is 2. The van der Waals surface area contributed by atoms with Gasteiger partial charge in [-0.25, -0.2) is 4.39 Å². The van der Waals surface area contributed by atoms with Crippen molar-refractivity contribution in [1.29, 1.82) is 0 Å². The summed E-state index contributed by atoms with van der Waals surface area (Å²) < 4.78 is 20.6. The number of carbonyl (C=O) groups excluding carboxylic acids is 1. The maximum Gasteiger partial charge on any atom is 0.276 e. The zero-order valence-electron chi connectivity index (χ0n) is 16.0. The fourth-order valence-electron chi connectivity index (χ4n) is 3.80. The number of nitrogens with zero attached hydrogens (tertiary/aromatic N) is 4. The Bertz CT molecular complexity index is 1260. The lowest BCUT2D eigenvalue weighted by Crippen LogP contribution is -2.53. The third kappa shape index (κ3) is 3.50. The highest BCUT2D eigenvalue weighted by Crippen LogP contribution is 2.30. The van der Waals surface area contributed by atoms with Crippen LogP contribution < -0.4 is 5.43 Å². The van der Waals surface area contributed by atoms with Crippen molar-refractivity contribution < 1.29 is 19.0 Å². The Kier molecular flexibility index (Phi) is 4.99. The zero-order chi connectivity index (χ0) is 21.7. The molecule has 1 fully saturated rings. The molecule has 11 heteroatoms. The van der Waals surface area contributed by atoms with Crippen LogP contribution in [0.25, 0.3) is 10.6 Å². The van der Waals surface area contributed by atoms with E-state index in [4.69, 9.17) is 16.3 Å². The second kappa shape index (κ2) is 7.70. The molecule has 1 atom stereocenters. The van der Waals surface area contributed by atoms with Crippen LogP contribution in [0.3, 0.4) is 0 Å². The van der Waals surface area contributed by atoms with Crippen LogP contribution in [0, 0.1) is 5.82 Å².